The van der Waals surface area contributed by atoms with E-state index in [4.69, 9.17) is 0 Å². The number of imide groups is 1. The SMILES string of the molecule is CN(Cc1cccc2ccccc12)C(=O)CCCN1C(=O)CN(C)C1=O. The molecule has 1 aliphatic rings. The van der Waals surface area contributed by atoms with Crippen LogP contribution in [0.3, 0.4) is 0 Å². The van der Waals surface area contributed by atoms with Gasteiger partial charge in [-0.3, -0.25) is 14.5 Å². The van der Waals surface area contributed by atoms with Gasteiger partial charge in [-0.2, -0.15) is 0 Å². The van der Waals surface area contributed by atoms with Crippen molar-refractivity contribution in [3.63, 3.8) is 0 Å². The van der Waals surface area contributed by atoms with E-state index in [9.17, 15) is 14.4 Å². The van der Waals surface area contributed by atoms with Gasteiger partial charge in [0, 0.05) is 33.6 Å². The van der Waals surface area contributed by atoms with E-state index in [1.54, 1.807) is 19.0 Å². The average molecular weight is 353 g/mol. The number of likely N-dealkylation sites (N-methyl/N-ethyl adjacent to an activating group) is 1. The Morgan fingerprint density at radius 2 is 1.85 bits per heavy atom. The van der Waals surface area contributed by atoms with E-state index >= 15 is 0 Å². The predicted molar refractivity (Wildman–Crippen MR) is 99.4 cm³/mol. The van der Waals surface area contributed by atoms with Crippen molar-refractivity contribution in [1.82, 2.24) is 14.7 Å². The lowest BCUT2D eigenvalue weighted by Gasteiger charge is -2.19. The van der Waals surface area contributed by atoms with Gasteiger partial charge in [-0.25, -0.2) is 4.79 Å². The summed E-state index contributed by atoms with van der Waals surface area (Å²) in [4.78, 5) is 40.3. The molecule has 0 atom stereocenters. The molecular formula is C20H23N3O3. The molecule has 2 aromatic carbocycles. The molecule has 0 radical (unpaired) electrons. The molecule has 6 nitrogen and oxygen atoms in total. The highest BCUT2D eigenvalue weighted by Gasteiger charge is 2.32. The summed E-state index contributed by atoms with van der Waals surface area (Å²) in [6, 6.07) is 13.9. The molecule has 0 saturated carbocycles. The van der Waals surface area contributed by atoms with Gasteiger partial charge in [-0.15, -0.1) is 0 Å². The zero-order valence-corrected chi connectivity index (χ0v) is 15.1. The van der Waals surface area contributed by atoms with Crippen molar-refractivity contribution in [3.05, 3.63) is 48.0 Å². The lowest BCUT2D eigenvalue weighted by Crippen LogP contribution is -2.33. The standard InChI is InChI=1S/C20H23N3O3/c1-21(13-16-9-5-8-15-7-3-4-10-17(15)16)18(24)11-6-12-23-19(25)14-22(2)20(23)26/h3-5,7-10H,6,11-14H2,1-2H3. The first-order chi connectivity index (χ1) is 12.5. The van der Waals surface area contributed by atoms with Crippen LogP contribution in [0.5, 0.6) is 0 Å². The van der Waals surface area contributed by atoms with Crippen LogP contribution in [0.2, 0.25) is 0 Å². The van der Waals surface area contributed by atoms with E-state index in [2.05, 4.69) is 18.2 Å². The predicted octanol–water partition coefficient (Wildman–Crippen LogP) is 2.47. The minimum absolute atomic E-state index is 0.00498. The Hall–Kier alpha value is -2.89. The number of carbonyl (C=O) groups excluding carboxylic acids is 3. The molecule has 2 aromatic rings. The third kappa shape index (κ3) is 3.69. The van der Waals surface area contributed by atoms with Crippen molar-refractivity contribution in [2.45, 2.75) is 19.4 Å². The van der Waals surface area contributed by atoms with Crippen LogP contribution in [0.25, 0.3) is 10.8 Å². The van der Waals surface area contributed by atoms with Crippen LogP contribution in [0.4, 0.5) is 4.79 Å². The first-order valence-electron chi connectivity index (χ1n) is 8.73. The average Bonchev–Trinajstić information content (AvgIpc) is 2.88. The minimum Gasteiger partial charge on any atom is -0.341 e. The maximum atomic E-state index is 12.4. The lowest BCUT2D eigenvalue weighted by atomic mass is 10.0. The topological polar surface area (TPSA) is 60.9 Å². The molecule has 0 bridgehead atoms. The Bertz CT molecular complexity index is 844. The number of benzene rings is 2. The fraction of sp³-hybridized carbons (Fsp3) is 0.350. The van der Waals surface area contributed by atoms with Crippen LogP contribution in [0, 0.1) is 0 Å². The van der Waals surface area contributed by atoms with Crippen LogP contribution in [-0.4, -0.2) is 59.7 Å². The Balaban J connectivity index is 1.55. The third-order valence-corrected chi connectivity index (χ3v) is 4.72. The normalized spacial score (nSPS) is 14.4. The van der Waals surface area contributed by atoms with E-state index in [0.29, 0.717) is 19.4 Å². The van der Waals surface area contributed by atoms with Crippen molar-refractivity contribution in [2.24, 2.45) is 0 Å². The smallest absolute Gasteiger partial charge is 0.326 e. The number of nitrogens with zero attached hydrogens (tertiary/aromatic N) is 3. The molecule has 0 N–H and O–H groups in total. The number of hydrogen-bond donors (Lipinski definition) is 0. The Morgan fingerprint density at radius 3 is 2.58 bits per heavy atom. The summed E-state index contributed by atoms with van der Waals surface area (Å²) < 4.78 is 0. The first kappa shape index (κ1) is 17.9. The van der Waals surface area contributed by atoms with E-state index in [0.717, 1.165) is 16.3 Å². The molecule has 0 aromatic heterocycles. The van der Waals surface area contributed by atoms with E-state index in [1.165, 1.54) is 9.80 Å². The highest BCUT2D eigenvalue weighted by Crippen LogP contribution is 2.20. The summed E-state index contributed by atoms with van der Waals surface area (Å²) in [5, 5.41) is 2.30. The molecule has 1 aliphatic heterocycles. The monoisotopic (exact) mass is 353 g/mol. The van der Waals surface area contributed by atoms with Crippen molar-refractivity contribution >= 4 is 28.6 Å². The lowest BCUT2D eigenvalue weighted by molar-refractivity contribution is -0.131. The van der Waals surface area contributed by atoms with Crippen LogP contribution >= 0.6 is 0 Å². The molecule has 3 rings (SSSR count). The van der Waals surface area contributed by atoms with E-state index in [1.807, 2.05) is 24.3 Å². The number of amides is 4. The van der Waals surface area contributed by atoms with Gasteiger partial charge in [0.2, 0.25) is 11.8 Å². The summed E-state index contributed by atoms with van der Waals surface area (Å²) in [5.74, 6) is -0.195. The van der Waals surface area contributed by atoms with Gasteiger partial charge < -0.3 is 9.80 Å². The Kier molecular flexibility index (Phi) is 5.21. The number of hydrogen-bond acceptors (Lipinski definition) is 3. The largest absolute Gasteiger partial charge is 0.341 e. The quantitative estimate of drug-likeness (QED) is 0.750. The second-order valence-corrected chi connectivity index (χ2v) is 6.68. The molecule has 0 spiro atoms. The second kappa shape index (κ2) is 7.56. The van der Waals surface area contributed by atoms with E-state index in [-0.39, 0.29) is 30.9 Å². The van der Waals surface area contributed by atoms with Crippen molar-refractivity contribution in [3.8, 4) is 0 Å². The Morgan fingerprint density at radius 1 is 1.12 bits per heavy atom. The van der Waals surface area contributed by atoms with Crippen LogP contribution in [0.15, 0.2) is 42.5 Å². The summed E-state index contributed by atoms with van der Waals surface area (Å²) >= 11 is 0. The van der Waals surface area contributed by atoms with Gasteiger partial charge in [0.05, 0.1) is 0 Å². The summed E-state index contributed by atoms with van der Waals surface area (Å²) in [5.41, 5.74) is 1.10. The molecule has 26 heavy (non-hydrogen) atoms. The Labute approximate surface area is 153 Å². The molecule has 1 fully saturated rings. The number of urea groups is 1. The summed E-state index contributed by atoms with van der Waals surface area (Å²) in [6.45, 7) is 0.939. The van der Waals surface area contributed by atoms with Crippen molar-refractivity contribution < 1.29 is 14.4 Å². The van der Waals surface area contributed by atoms with Gasteiger partial charge in [-0.05, 0) is 22.8 Å². The zero-order chi connectivity index (χ0) is 18.7. The van der Waals surface area contributed by atoms with Crippen molar-refractivity contribution in [1.29, 1.82) is 0 Å². The molecular weight excluding hydrogens is 330 g/mol. The van der Waals surface area contributed by atoms with Gasteiger partial charge in [0.25, 0.3) is 0 Å². The number of fused-ring (bicyclic) bond motifs is 1. The second-order valence-electron chi connectivity index (χ2n) is 6.68. The summed E-state index contributed by atoms with van der Waals surface area (Å²) in [7, 11) is 3.38. The molecule has 0 aliphatic carbocycles. The molecule has 1 saturated heterocycles. The van der Waals surface area contributed by atoms with Gasteiger partial charge in [0.15, 0.2) is 0 Å². The van der Waals surface area contributed by atoms with Gasteiger partial charge in [-0.1, -0.05) is 42.5 Å². The third-order valence-electron chi connectivity index (χ3n) is 4.72. The first-order valence-corrected chi connectivity index (χ1v) is 8.73. The minimum atomic E-state index is -0.286. The number of rotatable bonds is 6. The number of carbonyl (C=O) groups is 3. The fourth-order valence-corrected chi connectivity index (χ4v) is 3.24. The molecule has 0 unspecified atom stereocenters. The zero-order valence-electron chi connectivity index (χ0n) is 15.1. The summed E-state index contributed by atoms with van der Waals surface area (Å²) in [6.07, 6.45) is 0.784. The van der Waals surface area contributed by atoms with Crippen LogP contribution in [0.1, 0.15) is 18.4 Å². The molecule has 6 heteroatoms. The van der Waals surface area contributed by atoms with E-state index < -0.39 is 0 Å². The van der Waals surface area contributed by atoms with Gasteiger partial charge in [0.1, 0.15) is 6.54 Å². The van der Waals surface area contributed by atoms with Crippen molar-refractivity contribution in [2.75, 3.05) is 27.2 Å². The van der Waals surface area contributed by atoms with Crippen LogP contribution < -0.4 is 0 Å². The fourth-order valence-electron chi connectivity index (χ4n) is 3.24. The molecule has 136 valence electrons. The maximum Gasteiger partial charge on any atom is 0.326 e. The van der Waals surface area contributed by atoms with Gasteiger partial charge >= 0.3 is 6.03 Å². The highest BCUT2D eigenvalue weighted by atomic mass is 16.2. The van der Waals surface area contributed by atoms with Crippen LogP contribution in [-0.2, 0) is 16.1 Å². The highest BCUT2D eigenvalue weighted by molar-refractivity contribution is 6.01. The molecule has 4 amide bonds. The molecule has 1 heterocycles. The maximum absolute atomic E-state index is 12.4.